The van der Waals surface area contributed by atoms with Crippen molar-refractivity contribution in [1.29, 1.82) is 0 Å². The van der Waals surface area contributed by atoms with Gasteiger partial charge in [-0.1, -0.05) is 18.2 Å². The van der Waals surface area contributed by atoms with Crippen molar-refractivity contribution in [3.8, 4) is 0 Å². The fraction of sp³-hybridized carbons (Fsp3) is 0.273. The van der Waals surface area contributed by atoms with Crippen molar-refractivity contribution in [3.63, 3.8) is 0 Å². The molecule has 1 aliphatic rings. The van der Waals surface area contributed by atoms with Gasteiger partial charge in [0.1, 0.15) is 6.33 Å². The highest BCUT2D eigenvalue weighted by Gasteiger charge is 2.24. The lowest BCUT2D eigenvalue weighted by molar-refractivity contribution is 0.691. The SMILES string of the molecule is Cn1cnnc1[C@@H]1Cc2ccccc2N1. The van der Waals surface area contributed by atoms with E-state index in [0.29, 0.717) is 0 Å². The standard InChI is InChI=1S/C11H12N4/c1-15-7-12-14-11(15)10-6-8-4-2-3-5-9(8)13-10/h2-5,7,10,13H,6H2,1H3/t10-/m0/s1. The lowest BCUT2D eigenvalue weighted by atomic mass is 10.1. The van der Waals surface area contributed by atoms with Gasteiger partial charge < -0.3 is 9.88 Å². The van der Waals surface area contributed by atoms with Crippen molar-refractivity contribution >= 4 is 5.69 Å². The number of aromatic nitrogens is 3. The summed E-state index contributed by atoms with van der Waals surface area (Å²) >= 11 is 0. The highest BCUT2D eigenvalue weighted by atomic mass is 15.3. The first-order chi connectivity index (χ1) is 7.34. The van der Waals surface area contributed by atoms with Crippen molar-refractivity contribution in [1.82, 2.24) is 14.8 Å². The quantitative estimate of drug-likeness (QED) is 0.759. The van der Waals surface area contributed by atoms with Gasteiger partial charge in [-0.2, -0.15) is 0 Å². The van der Waals surface area contributed by atoms with Gasteiger partial charge in [-0.15, -0.1) is 10.2 Å². The molecule has 2 heterocycles. The number of anilines is 1. The van der Waals surface area contributed by atoms with Gasteiger partial charge in [-0.05, 0) is 11.6 Å². The third kappa shape index (κ3) is 1.29. The van der Waals surface area contributed by atoms with Crippen LogP contribution in [0.25, 0.3) is 0 Å². The van der Waals surface area contributed by atoms with E-state index in [1.165, 1.54) is 11.3 Å². The molecule has 0 radical (unpaired) electrons. The van der Waals surface area contributed by atoms with Gasteiger partial charge in [0.25, 0.3) is 0 Å². The molecule has 1 aliphatic heterocycles. The van der Waals surface area contributed by atoms with E-state index in [-0.39, 0.29) is 6.04 Å². The van der Waals surface area contributed by atoms with E-state index in [1.54, 1.807) is 6.33 Å². The number of fused-ring (bicyclic) bond motifs is 1. The van der Waals surface area contributed by atoms with Crippen LogP contribution in [0, 0.1) is 0 Å². The number of nitrogens with zero attached hydrogens (tertiary/aromatic N) is 3. The van der Waals surface area contributed by atoms with Crippen LogP contribution in [0.15, 0.2) is 30.6 Å². The van der Waals surface area contributed by atoms with E-state index in [2.05, 4.69) is 33.7 Å². The highest BCUT2D eigenvalue weighted by molar-refractivity contribution is 5.57. The molecule has 15 heavy (non-hydrogen) atoms. The Balaban J connectivity index is 1.94. The van der Waals surface area contributed by atoms with Gasteiger partial charge in [0.05, 0.1) is 6.04 Å². The van der Waals surface area contributed by atoms with Crippen LogP contribution in [0.2, 0.25) is 0 Å². The number of rotatable bonds is 1. The Kier molecular flexibility index (Phi) is 1.74. The van der Waals surface area contributed by atoms with E-state index in [9.17, 15) is 0 Å². The molecule has 0 unspecified atom stereocenters. The van der Waals surface area contributed by atoms with Gasteiger partial charge in [-0.3, -0.25) is 0 Å². The van der Waals surface area contributed by atoms with Gasteiger partial charge in [-0.25, -0.2) is 0 Å². The summed E-state index contributed by atoms with van der Waals surface area (Å²) in [4.78, 5) is 0. The normalized spacial score (nSPS) is 18.6. The van der Waals surface area contributed by atoms with Crippen LogP contribution in [-0.4, -0.2) is 14.8 Å². The summed E-state index contributed by atoms with van der Waals surface area (Å²) in [5.41, 5.74) is 2.57. The number of para-hydroxylation sites is 1. The first kappa shape index (κ1) is 8.47. The second-order valence-electron chi connectivity index (χ2n) is 3.86. The zero-order chi connectivity index (χ0) is 10.3. The van der Waals surface area contributed by atoms with Crippen LogP contribution in [0.3, 0.4) is 0 Å². The Morgan fingerprint density at radius 3 is 3.00 bits per heavy atom. The molecule has 1 N–H and O–H groups in total. The summed E-state index contributed by atoms with van der Waals surface area (Å²) in [6.45, 7) is 0. The van der Waals surface area contributed by atoms with E-state index in [0.717, 1.165) is 12.2 Å². The molecule has 0 amide bonds. The number of nitrogens with one attached hydrogen (secondary N) is 1. The van der Waals surface area contributed by atoms with Gasteiger partial charge in [0.15, 0.2) is 5.82 Å². The zero-order valence-corrected chi connectivity index (χ0v) is 8.51. The number of hydrogen-bond donors (Lipinski definition) is 1. The largest absolute Gasteiger partial charge is 0.375 e. The van der Waals surface area contributed by atoms with Crippen LogP contribution in [0.1, 0.15) is 17.4 Å². The van der Waals surface area contributed by atoms with Gasteiger partial charge in [0.2, 0.25) is 0 Å². The van der Waals surface area contributed by atoms with E-state index < -0.39 is 0 Å². The molecule has 0 fully saturated rings. The zero-order valence-electron chi connectivity index (χ0n) is 8.51. The van der Waals surface area contributed by atoms with E-state index in [4.69, 9.17) is 0 Å². The minimum atomic E-state index is 0.259. The molecular weight excluding hydrogens is 188 g/mol. The monoisotopic (exact) mass is 200 g/mol. The minimum absolute atomic E-state index is 0.259. The first-order valence-corrected chi connectivity index (χ1v) is 5.03. The highest BCUT2D eigenvalue weighted by Crippen LogP contribution is 2.32. The number of benzene rings is 1. The van der Waals surface area contributed by atoms with Crippen molar-refractivity contribution in [2.45, 2.75) is 12.5 Å². The van der Waals surface area contributed by atoms with Gasteiger partial charge in [0, 0.05) is 19.2 Å². The summed E-state index contributed by atoms with van der Waals surface area (Å²) in [5, 5.41) is 11.5. The predicted molar refractivity (Wildman–Crippen MR) is 57.5 cm³/mol. The lowest BCUT2D eigenvalue weighted by Gasteiger charge is -2.09. The first-order valence-electron chi connectivity index (χ1n) is 5.03. The molecule has 1 atom stereocenters. The van der Waals surface area contributed by atoms with Crippen LogP contribution >= 0.6 is 0 Å². The van der Waals surface area contributed by atoms with Crippen LogP contribution in [0.5, 0.6) is 0 Å². The average molecular weight is 200 g/mol. The fourth-order valence-electron chi connectivity index (χ4n) is 2.06. The molecule has 0 bridgehead atoms. The number of aryl methyl sites for hydroxylation is 1. The molecule has 0 aliphatic carbocycles. The van der Waals surface area contributed by atoms with Crippen molar-refractivity contribution in [2.24, 2.45) is 7.05 Å². The molecular formula is C11H12N4. The summed E-state index contributed by atoms with van der Waals surface area (Å²) in [7, 11) is 1.97. The molecule has 4 nitrogen and oxygen atoms in total. The Bertz CT molecular complexity index is 464. The summed E-state index contributed by atoms with van der Waals surface area (Å²) in [5.74, 6) is 0.992. The van der Waals surface area contributed by atoms with Gasteiger partial charge >= 0.3 is 0 Å². The molecule has 0 saturated heterocycles. The number of hydrogen-bond acceptors (Lipinski definition) is 3. The maximum Gasteiger partial charge on any atom is 0.155 e. The van der Waals surface area contributed by atoms with Crippen molar-refractivity contribution < 1.29 is 0 Å². The molecule has 1 aromatic heterocycles. The summed E-state index contributed by atoms with van der Waals surface area (Å²) in [6, 6.07) is 8.63. The molecule has 76 valence electrons. The lowest BCUT2D eigenvalue weighted by Crippen LogP contribution is -2.11. The third-order valence-electron chi connectivity index (χ3n) is 2.83. The second-order valence-corrected chi connectivity index (χ2v) is 3.86. The van der Waals surface area contributed by atoms with E-state index >= 15 is 0 Å². The summed E-state index contributed by atoms with van der Waals surface area (Å²) < 4.78 is 1.96. The smallest absolute Gasteiger partial charge is 0.155 e. The third-order valence-corrected chi connectivity index (χ3v) is 2.83. The summed E-state index contributed by atoms with van der Waals surface area (Å²) in [6.07, 6.45) is 2.72. The Morgan fingerprint density at radius 2 is 2.27 bits per heavy atom. The average Bonchev–Trinajstić information content (AvgIpc) is 2.82. The Hall–Kier alpha value is -1.84. The molecule has 1 aromatic carbocycles. The maximum atomic E-state index is 4.13. The maximum absolute atomic E-state index is 4.13. The molecule has 2 aromatic rings. The van der Waals surface area contributed by atoms with Crippen molar-refractivity contribution in [3.05, 3.63) is 42.0 Å². The van der Waals surface area contributed by atoms with Crippen LogP contribution in [-0.2, 0) is 13.5 Å². The molecule has 0 saturated carbocycles. The topological polar surface area (TPSA) is 42.7 Å². The molecule has 3 rings (SSSR count). The second kappa shape index (κ2) is 3.08. The predicted octanol–water partition coefficient (Wildman–Crippen LogP) is 1.52. The Morgan fingerprint density at radius 1 is 1.40 bits per heavy atom. The molecule has 4 heteroatoms. The fourth-order valence-corrected chi connectivity index (χ4v) is 2.06. The van der Waals surface area contributed by atoms with E-state index in [1.807, 2.05) is 17.7 Å². The Labute approximate surface area is 88.0 Å². The molecule has 0 spiro atoms. The minimum Gasteiger partial charge on any atom is -0.375 e. The van der Waals surface area contributed by atoms with Crippen LogP contribution < -0.4 is 5.32 Å². The van der Waals surface area contributed by atoms with Crippen LogP contribution in [0.4, 0.5) is 5.69 Å². The van der Waals surface area contributed by atoms with Crippen molar-refractivity contribution in [2.75, 3.05) is 5.32 Å².